The predicted molar refractivity (Wildman–Crippen MR) is 73.1 cm³/mol. The van der Waals surface area contributed by atoms with E-state index in [4.69, 9.17) is 0 Å². The summed E-state index contributed by atoms with van der Waals surface area (Å²) in [5.74, 6) is 0. The highest BCUT2D eigenvalue weighted by molar-refractivity contribution is 5.57. The molecule has 0 aliphatic rings. The van der Waals surface area contributed by atoms with Gasteiger partial charge in [-0.05, 0) is 12.1 Å². The van der Waals surface area contributed by atoms with Gasteiger partial charge in [0.2, 0.25) is 0 Å². The van der Waals surface area contributed by atoms with Crippen molar-refractivity contribution in [3.05, 3.63) is 77.3 Å². The van der Waals surface area contributed by atoms with E-state index in [1.165, 1.54) is 4.68 Å². The molecule has 0 unspecified atom stereocenters. The van der Waals surface area contributed by atoms with Crippen LogP contribution in [0.1, 0.15) is 0 Å². The highest BCUT2D eigenvalue weighted by atomic mass is 16.1. The van der Waals surface area contributed by atoms with Crippen molar-refractivity contribution in [1.29, 1.82) is 0 Å². The van der Waals surface area contributed by atoms with Gasteiger partial charge in [-0.2, -0.15) is 14.8 Å². The summed E-state index contributed by atoms with van der Waals surface area (Å²) in [6, 6.07) is 18.8. The molecule has 0 fully saturated rings. The minimum Gasteiger partial charge on any atom is -0.244 e. The normalized spacial score (nSPS) is 10.3. The van der Waals surface area contributed by atoms with Crippen LogP contribution in [0.15, 0.2) is 71.7 Å². The zero-order valence-corrected chi connectivity index (χ0v) is 10.1. The molecule has 3 aromatic rings. The molecule has 2 aromatic carbocycles. The van der Waals surface area contributed by atoms with Gasteiger partial charge in [0, 0.05) is 5.56 Å². The van der Waals surface area contributed by atoms with Crippen LogP contribution in [-0.4, -0.2) is 14.8 Å². The standard InChI is InChI=1S/C15H11N3O/c19-15-17-14(12-7-3-1-4-8-12)11-16-18(15)13-9-5-2-6-10-13/h1-11H. The third-order valence-electron chi connectivity index (χ3n) is 2.76. The molecular formula is C15H11N3O. The molecule has 3 rings (SSSR count). The molecule has 0 bridgehead atoms. The fourth-order valence-corrected chi connectivity index (χ4v) is 1.84. The zero-order chi connectivity index (χ0) is 13.1. The summed E-state index contributed by atoms with van der Waals surface area (Å²) in [5.41, 5.74) is 1.79. The minimum absolute atomic E-state index is 0.382. The van der Waals surface area contributed by atoms with Crippen molar-refractivity contribution in [1.82, 2.24) is 14.8 Å². The van der Waals surface area contributed by atoms with Crippen molar-refractivity contribution in [3.63, 3.8) is 0 Å². The van der Waals surface area contributed by atoms with Crippen LogP contribution in [0.5, 0.6) is 0 Å². The lowest BCUT2D eigenvalue weighted by Gasteiger charge is -2.04. The summed E-state index contributed by atoms with van der Waals surface area (Å²) in [4.78, 5) is 16.1. The Hall–Kier alpha value is -2.75. The van der Waals surface area contributed by atoms with E-state index < -0.39 is 0 Å². The van der Waals surface area contributed by atoms with Crippen molar-refractivity contribution >= 4 is 0 Å². The Labute approximate surface area is 110 Å². The molecule has 0 spiro atoms. The van der Waals surface area contributed by atoms with Gasteiger partial charge in [-0.3, -0.25) is 0 Å². The molecule has 1 heterocycles. The van der Waals surface area contributed by atoms with E-state index in [-0.39, 0.29) is 5.69 Å². The maximum absolute atomic E-state index is 12.0. The van der Waals surface area contributed by atoms with E-state index in [1.54, 1.807) is 6.20 Å². The number of benzene rings is 2. The Morgan fingerprint density at radius 3 is 2.11 bits per heavy atom. The molecule has 0 N–H and O–H groups in total. The summed E-state index contributed by atoms with van der Waals surface area (Å²) >= 11 is 0. The van der Waals surface area contributed by atoms with Gasteiger partial charge in [-0.25, -0.2) is 4.79 Å². The van der Waals surface area contributed by atoms with Crippen LogP contribution in [0.3, 0.4) is 0 Å². The lowest BCUT2D eigenvalue weighted by molar-refractivity contribution is 0.765. The van der Waals surface area contributed by atoms with E-state index in [2.05, 4.69) is 10.1 Å². The average molecular weight is 249 g/mol. The Kier molecular flexibility index (Phi) is 2.90. The second kappa shape index (κ2) is 4.86. The first-order valence-electron chi connectivity index (χ1n) is 5.92. The summed E-state index contributed by atoms with van der Waals surface area (Å²) in [5, 5.41) is 4.17. The van der Waals surface area contributed by atoms with Crippen LogP contribution >= 0.6 is 0 Å². The first-order chi connectivity index (χ1) is 9.34. The van der Waals surface area contributed by atoms with Gasteiger partial charge in [0.15, 0.2) is 0 Å². The monoisotopic (exact) mass is 249 g/mol. The predicted octanol–water partition coefficient (Wildman–Crippen LogP) is 2.29. The Morgan fingerprint density at radius 1 is 0.842 bits per heavy atom. The van der Waals surface area contributed by atoms with E-state index >= 15 is 0 Å². The second-order valence-electron chi connectivity index (χ2n) is 4.04. The highest BCUT2D eigenvalue weighted by Crippen LogP contribution is 2.13. The SMILES string of the molecule is O=c1nc(-c2ccccc2)cnn1-c1ccccc1. The van der Waals surface area contributed by atoms with Crippen LogP contribution in [0.25, 0.3) is 16.9 Å². The third-order valence-corrected chi connectivity index (χ3v) is 2.76. The largest absolute Gasteiger partial charge is 0.369 e. The molecule has 4 heteroatoms. The fourth-order valence-electron chi connectivity index (χ4n) is 1.84. The third kappa shape index (κ3) is 2.28. The van der Waals surface area contributed by atoms with Gasteiger partial charge < -0.3 is 0 Å². The average Bonchev–Trinajstić information content (AvgIpc) is 2.49. The van der Waals surface area contributed by atoms with Crippen molar-refractivity contribution < 1.29 is 0 Å². The Balaban J connectivity index is 2.07. The van der Waals surface area contributed by atoms with Gasteiger partial charge in [-0.15, -0.1) is 0 Å². The quantitative estimate of drug-likeness (QED) is 0.700. The van der Waals surface area contributed by atoms with E-state index in [0.29, 0.717) is 11.4 Å². The second-order valence-corrected chi connectivity index (χ2v) is 4.04. The summed E-state index contributed by atoms with van der Waals surface area (Å²) < 4.78 is 1.28. The van der Waals surface area contributed by atoms with Crippen molar-refractivity contribution in [2.24, 2.45) is 0 Å². The molecule has 0 atom stereocenters. The first-order valence-corrected chi connectivity index (χ1v) is 5.92. The van der Waals surface area contributed by atoms with E-state index in [0.717, 1.165) is 5.56 Å². The van der Waals surface area contributed by atoms with Crippen LogP contribution in [0.2, 0.25) is 0 Å². The molecule has 0 aliphatic heterocycles. The molecule has 0 saturated carbocycles. The number of hydrogen-bond acceptors (Lipinski definition) is 3. The maximum Gasteiger partial charge on any atom is 0.369 e. The molecular weight excluding hydrogens is 238 g/mol. The topological polar surface area (TPSA) is 47.8 Å². The molecule has 0 saturated heterocycles. The number of aromatic nitrogens is 3. The van der Waals surface area contributed by atoms with Crippen molar-refractivity contribution in [2.45, 2.75) is 0 Å². The number of para-hydroxylation sites is 1. The van der Waals surface area contributed by atoms with Crippen molar-refractivity contribution in [3.8, 4) is 16.9 Å². The van der Waals surface area contributed by atoms with Gasteiger partial charge >= 0.3 is 5.69 Å². The number of hydrogen-bond donors (Lipinski definition) is 0. The maximum atomic E-state index is 12.0. The van der Waals surface area contributed by atoms with E-state index in [9.17, 15) is 4.79 Å². The van der Waals surface area contributed by atoms with Gasteiger partial charge in [0.25, 0.3) is 0 Å². The molecule has 1 aromatic heterocycles. The summed E-state index contributed by atoms with van der Waals surface area (Å²) in [7, 11) is 0. The fraction of sp³-hybridized carbons (Fsp3) is 0. The van der Waals surface area contributed by atoms with Crippen LogP contribution in [0, 0.1) is 0 Å². The smallest absolute Gasteiger partial charge is 0.244 e. The molecule has 19 heavy (non-hydrogen) atoms. The van der Waals surface area contributed by atoms with Gasteiger partial charge in [0.1, 0.15) is 0 Å². The van der Waals surface area contributed by atoms with Crippen LogP contribution in [0.4, 0.5) is 0 Å². The molecule has 0 radical (unpaired) electrons. The Morgan fingerprint density at radius 2 is 1.47 bits per heavy atom. The molecule has 0 aliphatic carbocycles. The summed E-state index contributed by atoms with van der Waals surface area (Å²) in [6.45, 7) is 0. The van der Waals surface area contributed by atoms with E-state index in [1.807, 2.05) is 60.7 Å². The first kappa shape index (κ1) is 11.3. The van der Waals surface area contributed by atoms with Gasteiger partial charge in [0.05, 0.1) is 17.6 Å². The number of nitrogens with zero attached hydrogens (tertiary/aromatic N) is 3. The lowest BCUT2D eigenvalue weighted by atomic mass is 10.2. The lowest BCUT2D eigenvalue weighted by Crippen LogP contribution is -2.24. The highest BCUT2D eigenvalue weighted by Gasteiger charge is 2.05. The van der Waals surface area contributed by atoms with Crippen LogP contribution in [-0.2, 0) is 0 Å². The van der Waals surface area contributed by atoms with Gasteiger partial charge in [-0.1, -0.05) is 48.5 Å². The Bertz CT molecular complexity index is 736. The van der Waals surface area contributed by atoms with Crippen LogP contribution < -0.4 is 5.69 Å². The zero-order valence-electron chi connectivity index (χ0n) is 10.1. The molecule has 4 nitrogen and oxygen atoms in total. The molecule has 0 amide bonds. The van der Waals surface area contributed by atoms with Crippen molar-refractivity contribution in [2.75, 3.05) is 0 Å². The molecule has 92 valence electrons. The summed E-state index contributed by atoms with van der Waals surface area (Å²) in [6.07, 6.45) is 1.60. The minimum atomic E-state index is -0.382. The number of rotatable bonds is 2.